The molecule has 1 aromatic carbocycles. The van der Waals surface area contributed by atoms with E-state index in [4.69, 9.17) is 5.11 Å². The number of aryl methyl sites for hydroxylation is 1. The van der Waals surface area contributed by atoms with Crippen molar-refractivity contribution >= 4 is 16.9 Å². The Morgan fingerprint density at radius 1 is 1.54 bits per heavy atom. The number of carboxylic acid groups (broad SMARTS) is 1. The van der Waals surface area contributed by atoms with Crippen molar-refractivity contribution in [2.24, 2.45) is 0 Å². The zero-order valence-electron chi connectivity index (χ0n) is 7.03. The molecule has 2 aromatic rings. The molecule has 0 atom stereocenters. The van der Waals surface area contributed by atoms with Gasteiger partial charge in [-0.2, -0.15) is 5.10 Å². The second-order valence-corrected chi connectivity index (χ2v) is 2.89. The molecule has 0 amide bonds. The van der Waals surface area contributed by atoms with Crippen LogP contribution in [-0.2, 0) is 0 Å². The van der Waals surface area contributed by atoms with Gasteiger partial charge in [0.15, 0.2) is 0 Å². The summed E-state index contributed by atoms with van der Waals surface area (Å²) in [4.78, 5) is 10.9. The first-order valence-electron chi connectivity index (χ1n) is 3.86. The second kappa shape index (κ2) is 2.58. The quantitative estimate of drug-likeness (QED) is 0.693. The monoisotopic (exact) mass is 176 g/mol. The molecule has 4 nitrogen and oxygen atoms in total. The van der Waals surface area contributed by atoms with Crippen molar-refractivity contribution in [1.29, 1.82) is 0 Å². The lowest BCUT2D eigenvalue weighted by molar-refractivity contribution is 0.0698. The summed E-state index contributed by atoms with van der Waals surface area (Å²) in [7, 11) is 0. The Labute approximate surface area is 74.2 Å². The maximum Gasteiger partial charge on any atom is 0.336 e. The van der Waals surface area contributed by atoms with E-state index in [0.29, 0.717) is 10.9 Å². The molecule has 2 N–H and O–H groups in total. The minimum atomic E-state index is -0.912. The fourth-order valence-electron chi connectivity index (χ4n) is 1.41. The van der Waals surface area contributed by atoms with E-state index in [1.165, 1.54) is 6.20 Å². The van der Waals surface area contributed by atoms with Gasteiger partial charge in [-0.05, 0) is 18.6 Å². The lowest BCUT2D eigenvalue weighted by Gasteiger charge is -2.00. The maximum absolute atomic E-state index is 10.9. The summed E-state index contributed by atoms with van der Waals surface area (Å²) in [5.41, 5.74) is 1.83. The largest absolute Gasteiger partial charge is 0.478 e. The van der Waals surface area contributed by atoms with Crippen molar-refractivity contribution in [3.63, 3.8) is 0 Å². The van der Waals surface area contributed by atoms with E-state index >= 15 is 0 Å². The van der Waals surface area contributed by atoms with Gasteiger partial charge in [-0.15, -0.1) is 0 Å². The van der Waals surface area contributed by atoms with Gasteiger partial charge in [-0.1, -0.05) is 6.07 Å². The van der Waals surface area contributed by atoms with Crippen molar-refractivity contribution in [3.8, 4) is 0 Å². The first-order chi connectivity index (χ1) is 6.20. The summed E-state index contributed by atoms with van der Waals surface area (Å²) >= 11 is 0. The van der Waals surface area contributed by atoms with Gasteiger partial charge in [0.1, 0.15) is 0 Å². The summed E-state index contributed by atoms with van der Waals surface area (Å²) in [6.45, 7) is 1.77. The van der Waals surface area contributed by atoms with Gasteiger partial charge < -0.3 is 5.11 Å². The molecule has 0 fully saturated rings. The third-order valence-corrected chi connectivity index (χ3v) is 2.05. The molecule has 1 aromatic heterocycles. The molecule has 0 bridgehead atoms. The number of H-pyrrole nitrogens is 1. The van der Waals surface area contributed by atoms with E-state index in [1.54, 1.807) is 13.0 Å². The molecule has 0 aliphatic rings. The Morgan fingerprint density at radius 3 is 3.00 bits per heavy atom. The number of fused-ring (bicyclic) bond motifs is 1. The van der Waals surface area contributed by atoms with Gasteiger partial charge in [0, 0.05) is 5.39 Å². The number of nitrogens with one attached hydrogen (secondary N) is 1. The normalized spacial score (nSPS) is 10.5. The first kappa shape index (κ1) is 7.79. The molecule has 1 heterocycles. The lowest BCUT2D eigenvalue weighted by Crippen LogP contribution is -1.99. The Balaban J connectivity index is 2.88. The van der Waals surface area contributed by atoms with Crippen LogP contribution in [0.1, 0.15) is 15.9 Å². The number of aromatic nitrogens is 2. The van der Waals surface area contributed by atoms with E-state index in [0.717, 1.165) is 11.1 Å². The molecule has 0 aliphatic carbocycles. The molecule has 0 saturated heterocycles. The summed E-state index contributed by atoms with van der Waals surface area (Å²) in [6.07, 6.45) is 1.53. The lowest BCUT2D eigenvalue weighted by atomic mass is 10.1. The topological polar surface area (TPSA) is 66.0 Å². The van der Waals surface area contributed by atoms with Gasteiger partial charge >= 0.3 is 5.97 Å². The number of benzene rings is 1. The zero-order chi connectivity index (χ0) is 9.42. The standard InChI is InChI=1S/C9H8N2O2/c1-5-2-3-7-6(4-10-11-7)8(5)9(12)13/h2-4H,1H3,(H,10,11)(H,12,13). The highest BCUT2D eigenvalue weighted by molar-refractivity contribution is 6.03. The van der Waals surface area contributed by atoms with Crippen LogP contribution in [0.2, 0.25) is 0 Å². The molecule has 0 spiro atoms. The predicted octanol–water partition coefficient (Wildman–Crippen LogP) is 1.57. The average molecular weight is 176 g/mol. The third kappa shape index (κ3) is 1.07. The molecule has 2 rings (SSSR count). The summed E-state index contributed by atoms with van der Waals surface area (Å²) in [6, 6.07) is 3.59. The summed E-state index contributed by atoms with van der Waals surface area (Å²) < 4.78 is 0. The highest BCUT2D eigenvalue weighted by Crippen LogP contribution is 2.19. The number of aromatic amines is 1. The molecule has 0 saturated carbocycles. The molecular formula is C9H8N2O2. The first-order valence-corrected chi connectivity index (χ1v) is 3.86. The number of carbonyl (C=O) groups is 1. The SMILES string of the molecule is Cc1ccc2[nH]ncc2c1C(=O)O. The van der Waals surface area contributed by atoms with Gasteiger partial charge in [0.25, 0.3) is 0 Å². The van der Waals surface area contributed by atoms with E-state index < -0.39 is 5.97 Å². The Hall–Kier alpha value is -1.84. The summed E-state index contributed by atoms with van der Waals surface area (Å²) in [5.74, 6) is -0.912. The Kier molecular flexibility index (Phi) is 1.55. The third-order valence-electron chi connectivity index (χ3n) is 2.05. The fourth-order valence-corrected chi connectivity index (χ4v) is 1.41. The average Bonchev–Trinajstić information content (AvgIpc) is 2.50. The molecule has 0 aliphatic heterocycles. The van der Waals surface area contributed by atoms with Crippen LogP contribution in [0.5, 0.6) is 0 Å². The summed E-state index contributed by atoms with van der Waals surface area (Å²) in [5, 5.41) is 16.1. The number of carboxylic acids is 1. The molecule has 13 heavy (non-hydrogen) atoms. The predicted molar refractivity (Wildman–Crippen MR) is 47.8 cm³/mol. The van der Waals surface area contributed by atoms with Crippen molar-refractivity contribution in [2.75, 3.05) is 0 Å². The molecule has 0 unspecified atom stereocenters. The second-order valence-electron chi connectivity index (χ2n) is 2.89. The Bertz CT molecular complexity index is 473. The van der Waals surface area contributed by atoms with E-state index in [9.17, 15) is 4.79 Å². The van der Waals surface area contributed by atoms with Gasteiger partial charge in [0.2, 0.25) is 0 Å². The van der Waals surface area contributed by atoms with Crippen molar-refractivity contribution in [1.82, 2.24) is 10.2 Å². The highest BCUT2D eigenvalue weighted by Gasteiger charge is 2.12. The van der Waals surface area contributed by atoms with E-state index in [2.05, 4.69) is 10.2 Å². The number of nitrogens with zero attached hydrogens (tertiary/aromatic N) is 1. The molecule has 0 radical (unpaired) electrons. The fraction of sp³-hybridized carbons (Fsp3) is 0.111. The molecular weight excluding hydrogens is 168 g/mol. The highest BCUT2D eigenvalue weighted by atomic mass is 16.4. The Morgan fingerprint density at radius 2 is 2.31 bits per heavy atom. The van der Waals surface area contributed by atoms with E-state index in [-0.39, 0.29) is 0 Å². The minimum Gasteiger partial charge on any atom is -0.478 e. The zero-order valence-corrected chi connectivity index (χ0v) is 7.03. The van der Waals surface area contributed by atoms with Gasteiger partial charge in [0.05, 0.1) is 17.3 Å². The van der Waals surface area contributed by atoms with Gasteiger partial charge in [-0.25, -0.2) is 4.79 Å². The van der Waals surface area contributed by atoms with Gasteiger partial charge in [-0.3, -0.25) is 5.10 Å². The smallest absolute Gasteiger partial charge is 0.336 e. The number of hydrogen-bond acceptors (Lipinski definition) is 2. The molecule has 4 heteroatoms. The van der Waals surface area contributed by atoms with Crippen LogP contribution in [0.15, 0.2) is 18.3 Å². The number of hydrogen-bond donors (Lipinski definition) is 2. The number of aromatic carboxylic acids is 1. The van der Waals surface area contributed by atoms with Crippen molar-refractivity contribution < 1.29 is 9.90 Å². The van der Waals surface area contributed by atoms with Crippen LogP contribution >= 0.6 is 0 Å². The van der Waals surface area contributed by atoms with E-state index in [1.807, 2.05) is 6.07 Å². The van der Waals surface area contributed by atoms with Crippen molar-refractivity contribution in [3.05, 3.63) is 29.5 Å². The minimum absolute atomic E-state index is 0.325. The van der Waals surface area contributed by atoms with Crippen molar-refractivity contribution in [2.45, 2.75) is 6.92 Å². The van der Waals surface area contributed by atoms with Crippen LogP contribution in [0.4, 0.5) is 0 Å². The van der Waals surface area contributed by atoms with Crippen LogP contribution in [0, 0.1) is 6.92 Å². The molecule has 66 valence electrons. The maximum atomic E-state index is 10.9. The number of rotatable bonds is 1. The van der Waals surface area contributed by atoms with Crippen LogP contribution in [0.3, 0.4) is 0 Å². The van der Waals surface area contributed by atoms with Crippen LogP contribution in [-0.4, -0.2) is 21.3 Å². The van der Waals surface area contributed by atoms with Crippen LogP contribution < -0.4 is 0 Å². The van der Waals surface area contributed by atoms with Crippen LogP contribution in [0.25, 0.3) is 10.9 Å².